The van der Waals surface area contributed by atoms with Gasteiger partial charge < -0.3 is 10.8 Å². The van der Waals surface area contributed by atoms with Gasteiger partial charge in [0.25, 0.3) is 0 Å². The molecule has 0 aliphatic heterocycles. The van der Waals surface area contributed by atoms with Crippen LogP contribution in [0.15, 0.2) is 30.3 Å². The Bertz CT molecular complexity index is 338. The van der Waals surface area contributed by atoms with Crippen LogP contribution in [-0.2, 0) is 6.42 Å². The SMILES string of the molecule is CC[C@@H]1[C@H](CCO)[C@@]1(N)Cc1ccccc1. The molecule has 2 heteroatoms. The molecule has 1 aliphatic rings. The Morgan fingerprint density at radius 1 is 1.25 bits per heavy atom. The summed E-state index contributed by atoms with van der Waals surface area (Å²) in [5.41, 5.74) is 7.69. The van der Waals surface area contributed by atoms with Crippen molar-refractivity contribution in [3.63, 3.8) is 0 Å². The van der Waals surface area contributed by atoms with Crippen molar-refractivity contribution < 1.29 is 5.11 Å². The van der Waals surface area contributed by atoms with Crippen LogP contribution in [0, 0.1) is 11.8 Å². The summed E-state index contributed by atoms with van der Waals surface area (Å²) in [6.07, 6.45) is 2.91. The van der Waals surface area contributed by atoms with Gasteiger partial charge in [-0.1, -0.05) is 43.7 Å². The van der Waals surface area contributed by atoms with Crippen LogP contribution in [0.25, 0.3) is 0 Å². The zero-order chi connectivity index (χ0) is 11.6. The molecule has 0 radical (unpaired) electrons. The van der Waals surface area contributed by atoms with E-state index in [1.54, 1.807) is 0 Å². The van der Waals surface area contributed by atoms with Crippen LogP contribution in [0.3, 0.4) is 0 Å². The highest BCUT2D eigenvalue weighted by molar-refractivity contribution is 5.25. The number of benzene rings is 1. The van der Waals surface area contributed by atoms with Gasteiger partial charge in [-0.3, -0.25) is 0 Å². The number of hydrogen-bond donors (Lipinski definition) is 2. The second-order valence-electron chi connectivity index (χ2n) is 4.91. The molecule has 0 amide bonds. The molecule has 3 N–H and O–H groups in total. The first-order chi connectivity index (χ1) is 7.72. The topological polar surface area (TPSA) is 46.2 Å². The highest BCUT2D eigenvalue weighted by Gasteiger charge is 2.59. The standard InChI is InChI=1S/C14H21NO/c1-2-12-13(8-9-16)14(12,15)10-11-6-4-3-5-7-11/h3-7,12-13,16H,2,8-10,15H2,1H3/t12-,13+,14-/m1/s1. The molecular formula is C14H21NO. The molecule has 1 aliphatic carbocycles. The van der Waals surface area contributed by atoms with Crippen molar-refractivity contribution in [1.82, 2.24) is 0 Å². The minimum absolute atomic E-state index is 0.0706. The summed E-state index contributed by atoms with van der Waals surface area (Å²) in [6.45, 7) is 2.45. The van der Waals surface area contributed by atoms with Gasteiger partial charge in [0.05, 0.1) is 0 Å². The van der Waals surface area contributed by atoms with Gasteiger partial charge in [0.2, 0.25) is 0 Å². The number of rotatable bonds is 5. The monoisotopic (exact) mass is 219 g/mol. The summed E-state index contributed by atoms with van der Waals surface area (Å²) in [6, 6.07) is 10.4. The molecule has 1 aromatic rings. The van der Waals surface area contributed by atoms with E-state index in [0.29, 0.717) is 11.8 Å². The van der Waals surface area contributed by atoms with Crippen molar-refractivity contribution >= 4 is 0 Å². The maximum absolute atomic E-state index is 9.03. The molecule has 0 unspecified atom stereocenters. The van der Waals surface area contributed by atoms with E-state index in [0.717, 1.165) is 19.3 Å². The highest BCUT2D eigenvalue weighted by atomic mass is 16.3. The van der Waals surface area contributed by atoms with E-state index in [1.807, 2.05) is 6.07 Å². The van der Waals surface area contributed by atoms with Crippen molar-refractivity contribution in [3.8, 4) is 0 Å². The maximum atomic E-state index is 9.03. The lowest BCUT2D eigenvalue weighted by atomic mass is 10.0. The first kappa shape index (κ1) is 11.6. The Labute approximate surface area is 97.5 Å². The van der Waals surface area contributed by atoms with E-state index in [9.17, 15) is 0 Å². The van der Waals surface area contributed by atoms with Crippen molar-refractivity contribution in [3.05, 3.63) is 35.9 Å². The number of aliphatic hydroxyl groups excluding tert-OH is 1. The largest absolute Gasteiger partial charge is 0.396 e. The molecule has 0 saturated heterocycles. The zero-order valence-electron chi connectivity index (χ0n) is 9.89. The molecule has 88 valence electrons. The maximum Gasteiger partial charge on any atom is 0.0434 e. The molecule has 0 heterocycles. The third-order valence-corrected chi connectivity index (χ3v) is 3.99. The predicted molar refractivity (Wildman–Crippen MR) is 66.0 cm³/mol. The quantitative estimate of drug-likeness (QED) is 0.795. The van der Waals surface area contributed by atoms with Gasteiger partial charge in [-0.15, -0.1) is 0 Å². The third kappa shape index (κ3) is 2.00. The Kier molecular flexibility index (Phi) is 3.31. The summed E-state index contributed by atoms with van der Waals surface area (Å²) in [7, 11) is 0. The van der Waals surface area contributed by atoms with E-state index < -0.39 is 0 Å². The minimum Gasteiger partial charge on any atom is -0.396 e. The molecule has 2 rings (SSSR count). The second kappa shape index (κ2) is 4.56. The van der Waals surface area contributed by atoms with Gasteiger partial charge in [-0.2, -0.15) is 0 Å². The van der Waals surface area contributed by atoms with E-state index in [1.165, 1.54) is 5.56 Å². The smallest absolute Gasteiger partial charge is 0.0434 e. The lowest BCUT2D eigenvalue weighted by molar-refractivity contribution is 0.272. The van der Waals surface area contributed by atoms with Crippen LogP contribution < -0.4 is 5.73 Å². The molecule has 16 heavy (non-hydrogen) atoms. The summed E-state index contributed by atoms with van der Waals surface area (Å²) in [4.78, 5) is 0. The number of nitrogens with two attached hydrogens (primary N) is 1. The van der Waals surface area contributed by atoms with Gasteiger partial charge in [0.1, 0.15) is 0 Å². The van der Waals surface area contributed by atoms with Crippen LogP contribution in [0.1, 0.15) is 25.3 Å². The van der Waals surface area contributed by atoms with Gasteiger partial charge in [0.15, 0.2) is 0 Å². The number of hydrogen-bond acceptors (Lipinski definition) is 2. The van der Waals surface area contributed by atoms with Crippen molar-refractivity contribution in [2.45, 2.75) is 31.7 Å². The predicted octanol–water partition coefficient (Wildman–Crippen LogP) is 1.97. The summed E-state index contributed by atoms with van der Waals surface area (Å²) < 4.78 is 0. The summed E-state index contributed by atoms with van der Waals surface area (Å²) in [5.74, 6) is 1.09. The first-order valence-corrected chi connectivity index (χ1v) is 6.16. The number of aliphatic hydroxyl groups is 1. The average Bonchev–Trinajstić information content (AvgIpc) is 2.84. The first-order valence-electron chi connectivity index (χ1n) is 6.16. The Hall–Kier alpha value is -0.860. The Morgan fingerprint density at radius 2 is 1.94 bits per heavy atom. The highest BCUT2D eigenvalue weighted by Crippen LogP contribution is 2.54. The average molecular weight is 219 g/mol. The van der Waals surface area contributed by atoms with Crippen LogP contribution in [0.4, 0.5) is 0 Å². The molecule has 3 atom stereocenters. The Balaban J connectivity index is 2.04. The molecule has 2 nitrogen and oxygen atoms in total. The lowest BCUT2D eigenvalue weighted by Crippen LogP contribution is -2.30. The molecule has 0 bridgehead atoms. The van der Waals surface area contributed by atoms with Gasteiger partial charge in [-0.05, 0) is 30.2 Å². The van der Waals surface area contributed by atoms with Crippen LogP contribution in [0.2, 0.25) is 0 Å². The Morgan fingerprint density at radius 3 is 2.50 bits per heavy atom. The van der Waals surface area contributed by atoms with Crippen molar-refractivity contribution in [2.75, 3.05) is 6.61 Å². The summed E-state index contributed by atoms with van der Waals surface area (Å²) in [5, 5.41) is 9.03. The van der Waals surface area contributed by atoms with Crippen LogP contribution >= 0.6 is 0 Å². The van der Waals surface area contributed by atoms with Crippen LogP contribution in [0.5, 0.6) is 0 Å². The van der Waals surface area contributed by atoms with E-state index in [-0.39, 0.29) is 12.1 Å². The third-order valence-electron chi connectivity index (χ3n) is 3.99. The molecular weight excluding hydrogens is 198 g/mol. The van der Waals surface area contributed by atoms with E-state index >= 15 is 0 Å². The molecule has 0 spiro atoms. The minimum atomic E-state index is -0.0706. The molecule has 1 fully saturated rings. The molecule has 1 saturated carbocycles. The zero-order valence-corrected chi connectivity index (χ0v) is 9.89. The molecule has 0 aromatic heterocycles. The fourth-order valence-electron chi connectivity index (χ4n) is 3.11. The normalized spacial score (nSPS) is 32.7. The van der Waals surface area contributed by atoms with E-state index in [4.69, 9.17) is 10.8 Å². The van der Waals surface area contributed by atoms with Crippen LogP contribution in [-0.4, -0.2) is 17.3 Å². The second-order valence-corrected chi connectivity index (χ2v) is 4.91. The molecule has 1 aromatic carbocycles. The van der Waals surface area contributed by atoms with Gasteiger partial charge in [-0.25, -0.2) is 0 Å². The van der Waals surface area contributed by atoms with Gasteiger partial charge >= 0.3 is 0 Å². The van der Waals surface area contributed by atoms with Crippen molar-refractivity contribution in [1.29, 1.82) is 0 Å². The lowest BCUT2D eigenvalue weighted by Gasteiger charge is -2.12. The fraction of sp³-hybridized carbons (Fsp3) is 0.571. The van der Waals surface area contributed by atoms with Crippen molar-refractivity contribution in [2.24, 2.45) is 17.6 Å². The van der Waals surface area contributed by atoms with Gasteiger partial charge in [0, 0.05) is 12.1 Å². The summed E-state index contributed by atoms with van der Waals surface area (Å²) >= 11 is 0. The fourth-order valence-corrected chi connectivity index (χ4v) is 3.11. The van der Waals surface area contributed by atoms with E-state index in [2.05, 4.69) is 31.2 Å².